The quantitative estimate of drug-likeness (QED) is 0.775. The topological polar surface area (TPSA) is 54.3 Å². The largest absolute Gasteiger partial charge is 0.464 e. The Kier molecular flexibility index (Phi) is 3.38. The van der Waals surface area contributed by atoms with Crippen LogP contribution >= 0.6 is 0 Å². The van der Waals surface area contributed by atoms with Crippen molar-refractivity contribution in [1.82, 2.24) is 10.6 Å². The summed E-state index contributed by atoms with van der Waals surface area (Å²) in [5, 5.41) is 7.78. The van der Waals surface area contributed by atoms with Crippen LogP contribution in [0.3, 0.4) is 0 Å². The van der Waals surface area contributed by atoms with Crippen LogP contribution in [0.25, 0.3) is 11.0 Å². The van der Waals surface area contributed by atoms with Gasteiger partial charge in [-0.25, -0.2) is 0 Å². The van der Waals surface area contributed by atoms with E-state index < -0.39 is 0 Å². The fraction of sp³-hybridized carbons (Fsp3) is 0.286. The highest BCUT2D eigenvalue weighted by molar-refractivity contribution is 5.87. The van der Waals surface area contributed by atoms with Crippen molar-refractivity contribution >= 4 is 16.9 Å². The van der Waals surface area contributed by atoms with Crippen LogP contribution in [0.1, 0.15) is 28.7 Å². The lowest BCUT2D eigenvalue weighted by Crippen LogP contribution is -2.33. The van der Waals surface area contributed by atoms with Gasteiger partial charge in [-0.1, -0.05) is 42.5 Å². The van der Waals surface area contributed by atoms with E-state index in [0.29, 0.717) is 18.3 Å². The number of hydrogen-bond acceptors (Lipinski definition) is 3. The molecular formula is C21H20N2O2. The van der Waals surface area contributed by atoms with Gasteiger partial charge in [0, 0.05) is 35.9 Å². The standard InChI is InChI=1S/C21H20N2O2/c24-20(9-13-12-25-19-8-4-3-5-14(13)19)23-21-16-7-2-1-6-15(16)17-10-22-11-18(17)21/h1-8,12,17-18,21-22H,9-11H2,(H,23,24)/t17-,18-,21+/m0/s1. The normalized spacial score (nSPS) is 24.2. The van der Waals surface area contributed by atoms with Crippen molar-refractivity contribution in [2.45, 2.75) is 18.4 Å². The van der Waals surface area contributed by atoms with Gasteiger partial charge < -0.3 is 15.1 Å². The van der Waals surface area contributed by atoms with Gasteiger partial charge in [-0.3, -0.25) is 4.79 Å². The van der Waals surface area contributed by atoms with Crippen LogP contribution in [0.15, 0.2) is 59.2 Å². The molecule has 0 radical (unpaired) electrons. The second-order valence-electron chi connectivity index (χ2n) is 7.04. The monoisotopic (exact) mass is 332 g/mol. The van der Waals surface area contributed by atoms with Crippen LogP contribution in [0.5, 0.6) is 0 Å². The van der Waals surface area contributed by atoms with E-state index in [1.54, 1.807) is 6.26 Å². The van der Waals surface area contributed by atoms with Crippen LogP contribution in [0.2, 0.25) is 0 Å². The molecule has 0 unspecified atom stereocenters. The van der Waals surface area contributed by atoms with Crippen LogP contribution in [-0.2, 0) is 11.2 Å². The third-order valence-electron chi connectivity index (χ3n) is 5.65. The van der Waals surface area contributed by atoms with Crippen LogP contribution in [-0.4, -0.2) is 19.0 Å². The van der Waals surface area contributed by atoms with Crippen molar-refractivity contribution in [2.24, 2.45) is 5.92 Å². The SMILES string of the molecule is O=C(Cc1coc2ccccc12)N[C@@H]1c2ccccc2[C@@H]2CNC[C@H]12. The average molecular weight is 332 g/mol. The number of fused-ring (bicyclic) bond motifs is 4. The Bertz CT molecular complexity index is 946. The molecule has 1 saturated heterocycles. The summed E-state index contributed by atoms with van der Waals surface area (Å²) >= 11 is 0. The Hall–Kier alpha value is -2.59. The first kappa shape index (κ1) is 14.7. The molecule has 1 aromatic heterocycles. The van der Waals surface area contributed by atoms with E-state index in [4.69, 9.17) is 4.42 Å². The molecule has 0 spiro atoms. The smallest absolute Gasteiger partial charge is 0.225 e. The van der Waals surface area contributed by atoms with Crippen molar-refractivity contribution in [3.05, 3.63) is 71.5 Å². The molecule has 3 atom stereocenters. The Morgan fingerprint density at radius 1 is 1.08 bits per heavy atom. The number of rotatable bonds is 3. The molecule has 4 heteroatoms. The van der Waals surface area contributed by atoms with E-state index in [2.05, 4.69) is 34.9 Å². The van der Waals surface area contributed by atoms with Gasteiger partial charge in [0.25, 0.3) is 0 Å². The average Bonchev–Trinajstić information content (AvgIpc) is 3.33. The highest BCUT2D eigenvalue weighted by Gasteiger charge is 2.43. The zero-order valence-electron chi connectivity index (χ0n) is 13.9. The molecular weight excluding hydrogens is 312 g/mol. The molecule has 1 amide bonds. The second kappa shape index (κ2) is 5.74. The molecule has 4 nitrogen and oxygen atoms in total. The van der Waals surface area contributed by atoms with Gasteiger partial charge >= 0.3 is 0 Å². The highest BCUT2D eigenvalue weighted by atomic mass is 16.3. The summed E-state index contributed by atoms with van der Waals surface area (Å²) < 4.78 is 5.56. The molecule has 5 rings (SSSR count). The first-order valence-corrected chi connectivity index (χ1v) is 8.85. The number of carbonyl (C=O) groups excluding carboxylic acids is 1. The number of amides is 1. The Labute approximate surface area is 146 Å². The van der Waals surface area contributed by atoms with Gasteiger partial charge in [-0.05, 0) is 17.2 Å². The maximum absolute atomic E-state index is 12.7. The fourth-order valence-electron chi connectivity index (χ4n) is 4.50. The second-order valence-corrected chi connectivity index (χ2v) is 7.04. The third kappa shape index (κ3) is 2.36. The summed E-state index contributed by atoms with van der Waals surface area (Å²) in [5.41, 5.74) is 4.44. The van der Waals surface area contributed by atoms with E-state index in [-0.39, 0.29) is 11.9 Å². The summed E-state index contributed by atoms with van der Waals surface area (Å²) in [6, 6.07) is 16.5. The number of carbonyl (C=O) groups is 1. The van der Waals surface area contributed by atoms with Crippen molar-refractivity contribution in [2.75, 3.05) is 13.1 Å². The summed E-state index contributed by atoms with van der Waals surface area (Å²) in [5.74, 6) is 1.01. The molecule has 126 valence electrons. The molecule has 1 aliphatic heterocycles. The number of nitrogens with one attached hydrogen (secondary N) is 2. The van der Waals surface area contributed by atoms with Crippen molar-refractivity contribution in [3.8, 4) is 0 Å². The predicted molar refractivity (Wildman–Crippen MR) is 96.3 cm³/mol. The molecule has 2 aliphatic rings. The minimum atomic E-state index is 0.0545. The first-order chi connectivity index (χ1) is 12.3. The van der Waals surface area contributed by atoms with E-state index in [0.717, 1.165) is 29.6 Å². The molecule has 25 heavy (non-hydrogen) atoms. The molecule has 2 heterocycles. The minimum Gasteiger partial charge on any atom is -0.464 e. The van der Waals surface area contributed by atoms with E-state index in [9.17, 15) is 4.79 Å². The lowest BCUT2D eigenvalue weighted by molar-refractivity contribution is -0.121. The Morgan fingerprint density at radius 3 is 2.80 bits per heavy atom. The van der Waals surface area contributed by atoms with E-state index in [1.807, 2.05) is 24.3 Å². The summed E-state index contributed by atoms with van der Waals surface area (Å²) in [4.78, 5) is 12.7. The fourth-order valence-corrected chi connectivity index (χ4v) is 4.50. The molecule has 2 aromatic carbocycles. The van der Waals surface area contributed by atoms with Crippen LogP contribution in [0.4, 0.5) is 0 Å². The highest BCUT2D eigenvalue weighted by Crippen LogP contribution is 2.46. The number of furan rings is 1. The molecule has 0 bridgehead atoms. The van der Waals surface area contributed by atoms with Gasteiger partial charge in [-0.2, -0.15) is 0 Å². The minimum absolute atomic E-state index is 0.0545. The lowest BCUT2D eigenvalue weighted by atomic mass is 9.94. The first-order valence-electron chi connectivity index (χ1n) is 8.85. The zero-order chi connectivity index (χ0) is 16.8. The molecule has 1 aliphatic carbocycles. The maximum Gasteiger partial charge on any atom is 0.225 e. The van der Waals surface area contributed by atoms with Crippen molar-refractivity contribution in [3.63, 3.8) is 0 Å². The summed E-state index contributed by atoms with van der Waals surface area (Å²) in [6.07, 6.45) is 2.05. The van der Waals surface area contributed by atoms with Gasteiger partial charge in [0.05, 0.1) is 18.7 Å². The number of benzene rings is 2. The number of hydrogen-bond donors (Lipinski definition) is 2. The Balaban J connectivity index is 1.39. The van der Waals surface area contributed by atoms with E-state index in [1.165, 1.54) is 11.1 Å². The molecule has 1 fully saturated rings. The summed E-state index contributed by atoms with van der Waals surface area (Å²) in [7, 11) is 0. The van der Waals surface area contributed by atoms with Crippen molar-refractivity contribution in [1.29, 1.82) is 0 Å². The third-order valence-corrected chi connectivity index (χ3v) is 5.65. The van der Waals surface area contributed by atoms with Crippen molar-refractivity contribution < 1.29 is 9.21 Å². The van der Waals surface area contributed by atoms with Gasteiger partial charge in [0.2, 0.25) is 5.91 Å². The molecule has 3 aromatic rings. The van der Waals surface area contributed by atoms with E-state index >= 15 is 0 Å². The zero-order valence-corrected chi connectivity index (χ0v) is 13.9. The van der Waals surface area contributed by atoms with Gasteiger partial charge in [0.15, 0.2) is 0 Å². The lowest BCUT2D eigenvalue weighted by Gasteiger charge is -2.20. The summed E-state index contributed by atoms with van der Waals surface area (Å²) in [6.45, 7) is 1.96. The Morgan fingerprint density at radius 2 is 1.88 bits per heavy atom. The van der Waals surface area contributed by atoms with Crippen LogP contribution in [0, 0.1) is 5.92 Å². The van der Waals surface area contributed by atoms with Gasteiger partial charge in [0.1, 0.15) is 5.58 Å². The number of para-hydroxylation sites is 1. The maximum atomic E-state index is 12.7. The molecule has 0 saturated carbocycles. The predicted octanol–water partition coefficient (Wildman–Crippen LogP) is 3.15. The molecule has 2 N–H and O–H groups in total. The van der Waals surface area contributed by atoms with Crippen LogP contribution < -0.4 is 10.6 Å². The van der Waals surface area contributed by atoms with Gasteiger partial charge in [-0.15, -0.1) is 0 Å².